The molecule has 0 saturated heterocycles. The number of ether oxygens (including phenoxy) is 1. The first-order valence-corrected chi connectivity index (χ1v) is 10.9. The van der Waals surface area contributed by atoms with Crippen molar-refractivity contribution >= 4 is 39.8 Å². The van der Waals surface area contributed by atoms with Crippen molar-refractivity contribution in [3.8, 4) is 5.75 Å². The van der Waals surface area contributed by atoms with Gasteiger partial charge in [0.15, 0.2) is 0 Å². The summed E-state index contributed by atoms with van der Waals surface area (Å²) in [5.74, 6) is 0.766. The van der Waals surface area contributed by atoms with Gasteiger partial charge >= 0.3 is 5.63 Å². The van der Waals surface area contributed by atoms with E-state index in [0.29, 0.717) is 11.1 Å². The molecule has 0 fully saturated rings. The molecule has 1 unspecified atom stereocenters. The summed E-state index contributed by atoms with van der Waals surface area (Å²) in [4.78, 5) is 14.9. The number of nitrogens with one attached hydrogen (secondary N) is 2. The number of fused-ring (bicyclic) bond motifs is 1. The van der Waals surface area contributed by atoms with Gasteiger partial charge in [-0.1, -0.05) is 23.9 Å². The van der Waals surface area contributed by atoms with Gasteiger partial charge in [-0.3, -0.25) is 0 Å². The smallest absolute Gasteiger partial charge is 0.345 e. The Labute approximate surface area is 179 Å². The fourth-order valence-electron chi connectivity index (χ4n) is 3.53. The van der Waals surface area contributed by atoms with Crippen LogP contribution in [0.25, 0.3) is 16.7 Å². The van der Waals surface area contributed by atoms with E-state index in [1.54, 1.807) is 18.9 Å². The van der Waals surface area contributed by atoms with E-state index in [1.807, 2.05) is 47.9 Å². The predicted octanol–water partition coefficient (Wildman–Crippen LogP) is 4.68. The topological polar surface area (TPSA) is 66.7 Å². The Morgan fingerprint density at radius 2 is 1.97 bits per heavy atom. The summed E-state index contributed by atoms with van der Waals surface area (Å²) in [5.41, 5.74) is 3.34. The third kappa shape index (κ3) is 3.98. The van der Waals surface area contributed by atoms with E-state index < -0.39 is 0 Å². The molecule has 0 bridgehead atoms. The fraction of sp³-hybridized carbons (Fsp3) is 0.261. The summed E-state index contributed by atoms with van der Waals surface area (Å²) in [6.07, 6.45) is 0. The van der Waals surface area contributed by atoms with Crippen LogP contribution in [0, 0.1) is 0 Å². The van der Waals surface area contributed by atoms with Crippen molar-refractivity contribution in [2.45, 2.75) is 19.3 Å². The molecule has 7 heteroatoms. The number of nitrogens with zero attached hydrogens (tertiary/aromatic N) is 1. The molecule has 30 heavy (non-hydrogen) atoms. The number of hydrogen-bond donors (Lipinski definition) is 2. The highest BCUT2D eigenvalue weighted by Crippen LogP contribution is 2.31. The van der Waals surface area contributed by atoms with E-state index in [4.69, 9.17) is 9.15 Å². The first-order chi connectivity index (χ1) is 14.6. The molecule has 0 radical (unpaired) electrons. The Balaban J connectivity index is 1.55. The van der Waals surface area contributed by atoms with Gasteiger partial charge in [0.2, 0.25) is 0 Å². The molecule has 0 saturated carbocycles. The van der Waals surface area contributed by atoms with Crippen LogP contribution in [0.1, 0.15) is 19.4 Å². The normalized spacial score (nSPS) is 15.6. The Morgan fingerprint density at radius 3 is 2.73 bits per heavy atom. The maximum absolute atomic E-state index is 12.7. The molecule has 0 amide bonds. The number of benzene rings is 2. The summed E-state index contributed by atoms with van der Waals surface area (Å²) in [6, 6.07) is 15.6. The summed E-state index contributed by atoms with van der Waals surface area (Å²) < 4.78 is 11.1. The van der Waals surface area contributed by atoms with Crippen LogP contribution in [0.2, 0.25) is 0 Å². The minimum atomic E-state index is -0.350. The Morgan fingerprint density at radius 1 is 1.17 bits per heavy atom. The van der Waals surface area contributed by atoms with Crippen molar-refractivity contribution in [3.05, 3.63) is 69.9 Å². The monoisotopic (exact) mass is 423 g/mol. The molecule has 0 spiro atoms. The lowest BCUT2D eigenvalue weighted by molar-refractivity contribution is 0.416. The van der Waals surface area contributed by atoms with Gasteiger partial charge < -0.3 is 24.7 Å². The van der Waals surface area contributed by atoms with Gasteiger partial charge in [0.25, 0.3) is 0 Å². The minimum Gasteiger partial charge on any atom is -0.495 e. The second-order valence-electron chi connectivity index (χ2n) is 6.88. The predicted molar refractivity (Wildman–Crippen MR) is 125 cm³/mol. The lowest BCUT2D eigenvalue weighted by atomic mass is 10.1. The number of methoxy groups -OCH3 is 1. The molecule has 6 nitrogen and oxygen atoms in total. The molecule has 2 heterocycles. The van der Waals surface area contributed by atoms with E-state index >= 15 is 0 Å². The zero-order chi connectivity index (χ0) is 21.1. The van der Waals surface area contributed by atoms with Crippen molar-refractivity contribution in [2.75, 3.05) is 30.4 Å². The summed E-state index contributed by atoms with van der Waals surface area (Å²) in [7, 11) is 1.64. The van der Waals surface area contributed by atoms with Crippen LogP contribution in [0.4, 0.5) is 11.4 Å². The highest BCUT2D eigenvalue weighted by Gasteiger charge is 2.21. The highest BCUT2D eigenvalue weighted by molar-refractivity contribution is 8.03. The molecule has 0 aliphatic carbocycles. The fourth-order valence-corrected chi connectivity index (χ4v) is 4.39. The summed E-state index contributed by atoms with van der Waals surface area (Å²) >= 11 is 1.56. The average molecular weight is 424 g/mol. The van der Waals surface area contributed by atoms with Crippen LogP contribution < -0.4 is 25.9 Å². The van der Waals surface area contributed by atoms with Crippen molar-refractivity contribution < 1.29 is 9.15 Å². The zero-order valence-electron chi connectivity index (χ0n) is 17.3. The summed E-state index contributed by atoms with van der Waals surface area (Å²) in [5, 5.41) is 9.57. The number of para-hydroxylation sites is 2. The Kier molecular flexibility index (Phi) is 5.90. The second kappa shape index (κ2) is 8.75. The third-order valence-corrected chi connectivity index (χ3v) is 6.02. The molecule has 1 aromatic heterocycles. The molecule has 1 aliphatic rings. The van der Waals surface area contributed by atoms with Crippen molar-refractivity contribution in [1.82, 2.24) is 5.32 Å². The molecule has 1 atom stereocenters. The second-order valence-corrected chi connectivity index (χ2v) is 7.86. The van der Waals surface area contributed by atoms with Crippen molar-refractivity contribution in [1.29, 1.82) is 0 Å². The van der Waals surface area contributed by atoms with E-state index in [9.17, 15) is 4.79 Å². The molecule has 3 aromatic rings. The van der Waals surface area contributed by atoms with Gasteiger partial charge in [0.05, 0.1) is 24.1 Å². The molecule has 2 N–H and O–H groups in total. The van der Waals surface area contributed by atoms with E-state index in [0.717, 1.165) is 41.3 Å². The first kappa shape index (κ1) is 20.2. The van der Waals surface area contributed by atoms with Crippen LogP contribution in [0.15, 0.2) is 63.2 Å². The van der Waals surface area contributed by atoms with Crippen LogP contribution >= 0.6 is 11.8 Å². The molecular weight excluding hydrogens is 398 g/mol. The van der Waals surface area contributed by atoms with Crippen LogP contribution in [0.5, 0.6) is 5.75 Å². The Hall–Kier alpha value is -3.06. The highest BCUT2D eigenvalue weighted by atomic mass is 32.2. The van der Waals surface area contributed by atoms with Crippen LogP contribution in [-0.2, 0) is 0 Å². The lowest BCUT2D eigenvalue weighted by Gasteiger charge is -2.21. The quantitative estimate of drug-likeness (QED) is 0.535. The van der Waals surface area contributed by atoms with Crippen molar-refractivity contribution in [3.63, 3.8) is 0 Å². The molecular formula is C23H25N3O3S. The molecule has 1 aliphatic heterocycles. The molecule has 4 rings (SSSR count). The first-order valence-electron chi connectivity index (χ1n) is 9.98. The van der Waals surface area contributed by atoms with Gasteiger partial charge in [-0.05, 0) is 49.6 Å². The number of anilines is 2. The number of rotatable bonds is 7. The van der Waals surface area contributed by atoms with Gasteiger partial charge in [0.1, 0.15) is 16.8 Å². The minimum absolute atomic E-state index is 0.114. The van der Waals surface area contributed by atoms with E-state index in [2.05, 4.69) is 35.4 Å². The van der Waals surface area contributed by atoms with Crippen LogP contribution in [0.3, 0.4) is 0 Å². The largest absolute Gasteiger partial charge is 0.495 e. The zero-order valence-corrected chi connectivity index (χ0v) is 18.1. The standard InChI is InChI=1S/C23H25N3O3S/c1-4-26(5-2)16-11-10-15-12-17(22(27)29-21(15)13-16)19-14-30-23(25-19)24-18-8-6-7-9-20(18)28-3/h6-14,23-25H,4-5H2,1-3H3. The van der Waals surface area contributed by atoms with Gasteiger partial charge in [-0.2, -0.15) is 0 Å². The van der Waals surface area contributed by atoms with E-state index in [-0.39, 0.29) is 11.1 Å². The summed E-state index contributed by atoms with van der Waals surface area (Å²) in [6.45, 7) is 6.02. The van der Waals surface area contributed by atoms with Gasteiger partial charge in [-0.25, -0.2) is 4.79 Å². The van der Waals surface area contributed by atoms with Gasteiger partial charge in [0, 0.05) is 30.2 Å². The van der Waals surface area contributed by atoms with E-state index in [1.165, 1.54) is 0 Å². The van der Waals surface area contributed by atoms with Crippen molar-refractivity contribution in [2.24, 2.45) is 0 Å². The third-order valence-electron chi connectivity index (χ3n) is 5.14. The average Bonchev–Trinajstić information content (AvgIpc) is 3.22. The molecule has 156 valence electrons. The van der Waals surface area contributed by atoms with Gasteiger partial charge in [-0.15, -0.1) is 0 Å². The Bertz CT molecular complexity index is 1140. The van der Waals surface area contributed by atoms with Crippen LogP contribution in [-0.4, -0.2) is 25.7 Å². The maximum Gasteiger partial charge on any atom is 0.345 e. The number of thioether (sulfide) groups is 1. The molecule has 2 aromatic carbocycles. The maximum atomic E-state index is 12.7. The SMILES string of the molecule is CCN(CC)c1ccc2cc(C3=CSC(Nc4ccccc4OC)N3)c(=O)oc2c1. The lowest BCUT2D eigenvalue weighted by Crippen LogP contribution is -2.29. The number of hydrogen-bond acceptors (Lipinski definition) is 7.